The van der Waals surface area contributed by atoms with E-state index in [1.165, 1.54) is 32.4 Å². The minimum atomic E-state index is -0.770. The van der Waals surface area contributed by atoms with Gasteiger partial charge < -0.3 is 23.4 Å². The molecule has 0 aliphatic carbocycles. The zero-order valence-electron chi connectivity index (χ0n) is 19.4. The highest BCUT2D eigenvalue weighted by Crippen LogP contribution is 2.34. The molecule has 0 radical (unpaired) electrons. The van der Waals surface area contributed by atoms with Crippen LogP contribution in [0.4, 0.5) is 4.39 Å². The second-order valence-electron chi connectivity index (χ2n) is 7.50. The van der Waals surface area contributed by atoms with E-state index in [-0.39, 0.29) is 41.3 Å². The summed E-state index contributed by atoms with van der Waals surface area (Å²) in [5.74, 6) is -0.0521. The Labute approximate surface area is 200 Å². The Morgan fingerprint density at radius 3 is 2.37 bits per heavy atom. The third-order valence-corrected chi connectivity index (χ3v) is 5.32. The normalized spacial score (nSPS) is 10.7. The maximum absolute atomic E-state index is 13.5. The first kappa shape index (κ1) is 23.8. The minimum Gasteiger partial charge on any atom is -0.493 e. The highest BCUT2D eigenvalue weighted by atomic mass is 19.1. The van der Waals surface area contributed by atoms with Crippen molar-refractivity contribution in [2.45, 2.75) is 13.5 Å². The van der Waals surface area contributed by atoms with Crippen molar-refractivity contribution in [1.82, 2.24) is 0 Å². The summed E-state index contributed by atoms with van der Waals surface area (Å²) in [5, 5.41) is 0.261. The fourth-order valence-electron chi connectivity index (χ4n) is 3.60. The number of methoxy groups -OCH3 is 2. The molecule has 7 nitrogen and oxygen atoms in total. The number of halogens is 1. The number of benzene rings is 3. The predicted octanol–water partition coefficient (Wildman–Crippen LogP) is 5.37. The van der Waals surface area contributed by atoms with E-state index < -0.39 is 11.4 Å². The number of ether oxygens (including phenoxy) is 4. The van der Waals surface area contributed by atoms with Crippen LogP contribution in [-0.4, -0.2) is 26.8 Å². The zero-order chi connectivity index (χ0) is 24.9. The first-order valence-electron chi connectivity index (χ1n) is 10.8. The molecule has 3 aromatic carbocycles. The van der Waals surface area contributed by atoms with Gasteiger partial charge in [-0.2, -0.15) is 0 Å². The molecule has 35 heavy (non-hydrogen) atoms. The summed E-state index contributed by atoms with van der Waals surface area (Å²) in [6.07, 6.45) is 0. The minimum absolute atomic E-state index is 0.0527. The van der Waals surface area contributed by atoms with Gasteiger partial charge in [-0.3, -0.25) is 4.79 Å². The Hall–Kier alpha value is -4.33. The average molecular weight is 478 g/mol. The van der Waals surface area contributed by atoms with Crippen LogP contribution in [0.2, 0.25) is 0 Å². The van der Waals surface area contributed by atoms with Gasteiger partial charge in [0.2, 0.25) is 11.2 Å². The molecule has 8 heteroatoms. The van der Waals surface area contributed by atoms with Crippen molar-refractivity contribution in [2.24, 2.45) is 0 Å². The Morgan fingerprint density at radius 2 is 1.69 bits per heavy atom. The molecule has 0 saturated carbocycles. The van der Waals surface area contributed by atoms with E-state index in [0.29, 0.717) is 22.8 Å². The molecular weight excluding hydrogens is 455 g/mol. The zero-order valence-corrected chi connectivity index (χ0v) is 19.4. The van der Waals surface area contributed by atoms with Crippen LogP contribution in [0.25, 0.3) is 22.1 Å². The largest absolute Gasteiger partial charge is 0.493 e. The van der Waals surface area contributed by atoms with Crippen molar-refractivity contribution >= 4 is 16.9 Å². The predicted molar refractivity (Wildman–Crippen MR) is 128 cm³/mol. The summed E-state index contributed by atoms with van der Waals surface area (Å²) in [5.41, 5.74) is 0.990. The number of carbonyl (C=O) groups excluding carboxylic acids is 1. The van der Waals surface area contributed by atoms with Crippen molar-refractivity contribution in [2.75, 3.05) is 20.8 Å². The van der Waals surface area contributed by atoms with Crippen molar-refractivity contribution < 1.29 is 32.5 Å². The lowest BCUT2D eigenvalue weighted by Crippen LogP contribution is -2.15. The van der Waals surface area contributed by atoms with Gasteiger partial charge in [0.15, 0.2) is 11.5 Å². The average Bonchev–Trinajstić information content (AvgIpc) is 2.87. The van der Waals surface area contributed by atoms with Gasteiger partial charge in [-0.05, 0) is 54.4 Å². The maximum atomic E-state index is 13.5. The number of hydrogen-bond acceptors (Lipinski definition) is 7. The number of hydrogen-bond donors (Lipinski definition) is 0. The lowest BCUT2D eigenvalue weighted by atomic mass is 10.0. The Kier molecular flexibility index (Phi) is 7.01. The Balaban J connectivity index is 1.79. The molecule has 1 aromatic heterocycles. The molecule has 0 amide bonds. The molecule has 0 unspecified atom stereocenters. The van der Waals surface area contributed by atoms with E-state index in [9.17, 15) is 14.0 Å². The van der Waals surface area contributed by atoms with Crippen molar-refractivity contribution in [1.29, 1.82) is 0 Å². The summed E-state index contributed by atoms with van der Waals surface area (Å²) in [6, 6.07) is 15.5. The number of carbonyl (C=O) groups is 1. The van der Waals surface area contributed by atoms with E-state index >= 15 is 0 Å². The van der Waals surface area contributed by atoms with Crippen LogP contribution in [0.5, 0.6) is 17.2 Å². The smallest absolute Gasteiger partial charge is 0.375 e. The fraction of sp³-hybridized carbons (Fsp3) is 0.185. The van der Waals surface area contributed by atoms with Crippen molar-refractivity contribution in [3.63, 3.8) is 0 Å². The first-order valence-corrected chi connectivity index (χ1v) is 10.8. The van der Waals surface area contributed by atoms with Crippen LogP contribution in [0.3, 0.4) is 0 Å². The topological polar surface area (TPSA) is 84.2 Å². The molecule has 0 aliphatic rings. The van der Waals surface area contributed by atoms with Gasteiger partial charge in [0.25, 0.3) is 0 Å². The Bertz CT molecular complexity index is 1420. The SMILES string of the molecule is CCOC(=O)c1oc2cc(OCc3ccc(F)cc3)ccc2c(=O)c1-c1ccc(OC)c(OC)c1. The van der Waals surface area contributed by atoms with Crippen molar-refractivity contribution in [3.05, 3.63) is 88.0 Å². The summed E-state index contributed by atoms with van der Waals surface area (Å²) in [4.78, 5) is 26.3. The second kappa shape index (κ2) is 10.3. The highest BCUT2D eigenvalue weighted by molar-refractivity contribution is 5.98. The second-order valence-corrected chi connectivity index (χ2v) is 7.50. The van der Waals surface area contributed by atoms with Gasteiger partial charge in [0.1, 0.15) is 23.8 Å². The molecule has 0 N–H and O–H groups in total. The molecule has 1 heterocycles. The molecule has 0 atom stereocenters. The van der Waals surface area contributed by atoms with E-state index in [1.807, 2.05) is 0 Å². The first-order chi connectivity index (χ1) is 16.9. The van der Waals surface area contributed by atoms with Gasteiger partial charge in [-0.25, -0.2) is 9.18 Å². The van der Waals surface area contributed by atoms with Crippen LogP contribution in [0.1, 0.15) is 23.0 Å². The fourth-order valence-corrected chi connectivity index (χ4v) is 3.60. The molecule has 0 bridgehead atoms. The summed E-state index contributed by atoms with van der Waals surface area (Å²) >= 11 is 0. The van der Waals surface area contributed by atoms with Gasteiger partial charge >= 0.3 is 5.97 Å². The van der Waals surface area contributed by atoms with Gasteiger partial charge in [0, 0.05) is 6.07 Å². The van der Waals surface area contributed by atoms with Gasteiger partial charge in [-0.15, -0.1) is 0 Å². The summed E-state index contributed by atoms with van der Waals surface area (Å²) in [6.45, 7) is 1.95. The standard InChI is InChI=1S/C27H23FO7/c1-4-33-27(30)26-24(17-7-12-21(31-2)23(13-17)32-3)25(29)20-11-10-19(14-22(20)35-26)34-15-16-5-8-18(28)9-6-16/h5-14H,4,15H2,1-3H3. The Morgan fingerprint density at radius 1 is 0.943 bits per heavy atom. The molecular formula is C27H23FO7. The van der Waals surface area contributed by atoms with Gasteiger partial charge in [-0.1, -0.05) is 18.2 Å². The quantitative estimate of drug-likeness (QED) is 0.315. The third kappa shape index (κ3) is 4.96. The van der Waals surface area contributed by atoms with Crippen LogP contribution >= 0.6 is 0 Å². The van der Waals surface area contributed by atoms with Gasteiger partial charge in [0.05, 0.1) is 31.8 Å². The lowest BCUT2D eigenvalue weighted by molar-refractivity contribution is 0.0492. The van der Waals surface area contributed by atoms with Crippen LogP contribution in [0, 0.1) is 5.82 Å². The summed E-state index contributed by atoms with van der Waals surface area (Å²) < 4.78 is 40.6. The number of fused-ring (bicyclic) bond motifs is 1. The van der Waals surface area contributed by atoms with Crippen LogP contribution < -0.4 is 19.6 Å². The summed E-state index contributed by atoms with van der Waals surface area (Å²) in [7, 11) is 2.98. The molecule has 4 aromatic rings. The molecule has 4 rings (SSSR count). The maximum Gasteiger partial charge on any atom is 0.375 e. The van der Waals surface area contributed by atoms with E-state index in [0.717, 1.165) is 5.56 Å². The highest BCUT2D eigenvalue weighted by Gasteiger charge is 2.24. The van der Waals surface area contributed by atoms with Crippen LogP contribution in [-0.2, 0) is 11.3 Å². The van der Waals surface area contributed by atoms with Crippen LogP contribution in [0.15, 0.2) is 69.9 Å². The molecule has 0 aliphatic heterocycles. The monoisotopic (exact) mass is 478 g/mol. The van der Waals surface area contributed by atoms with E-state index in [2.05, 4.69) is 0 Å². The number of esters is 1. The molecule has 180 valence electrons. The number of rotatable bonds is 8. The third-order valence-electron chi connectivity index (χ3n) is 5.32. The van der Waals surface area contributed by atoms with Crippen molar-refractivity contribution in [3.8, 4) is 28.4 Å². The molecule has 0 fully saturated rings. The van der Waals surface area contributed by atoms with E-state index in [1.54, 1.807) is 49.4 Å². The molecule has 0 spiro atoms. The lowest BCUT2D eigenvalue weighted by Gasteiger charge is -2.13. The van der Waals surface area contributed by atoms with E-state index in [4.69, 9.17) is 23.4 Å². The molecule has 0 saturated heterocycles.